The second-order valence-corrected chi connectivity index (χ2v) is 9.10. The van der Waals surface area contributed by atoms with Gasteiger partial charge in [-0.25, -0.2) is 12.7 Å². The van der Waals surface area contributed by atoms with Gasteiger partial charge < -0.3 is 5.32 Å². The van der Waals surface area contributed by atoms with Gasteiger partial charge in [-0.3, -0.25) is 4.98 Å². The number of aryl methyl sites for hydroxylation is 1. The van der Waals surface area contributed by atoms with Crippen molar-refractivity contribution in [2.24, 2.45) is 0 Å². The standard InChI is InChI=1S/C18H23N3O2S/c1-13-3-2-4-16-17(7-10-19-18(13)16)20-14-8-11-21(12-9-14)24(22,23)15-5-6-15/h2-4,7,10,14-15H,5-6,8-9,11-12H2,1H3,(H,19,20). The van der Waals surface area contributed by atoms with Crippen molar-refractivity contribution >= 4 is 26.6 Å². The Morgan fingerprint density at radius 2 is 1.88 bits per heavy atom. The maximum absolute atomic E-state index is 12.3. The maximum Gasteiger partial charge on any atom is 0.216 e. The lowest BCUT2D eigenvalue weighted by Crippen LogP contribution is -2.43. The fraction of sp³-hybridized carbons (Fsp3) is 0.500. The van der Waals surface area contributed by atoms with Gasteiger partial charge in [-0.1, -0.05) is 18.2 Å². The molecule has 0 atom stereocenters. The summed E-state index contributed by atoms with van der Waals surface area (Å²) in [5, 5.41) is 4.63. The summed E-state index contributed by atoms with van der Waals surface area (Å²) in [6.07, 6.45) is 5.21. The first-order valence-corrected chi connectivity index (χ1v) is 10.2. The summed E-state index contributed by atoms with van der Waals surface area (Å²) in [5.41, 5.74) is 3.28. The van der Waals surface area contributed by atoms with E-state index < -0.39 is 10.0 Å². The minimum absolute atomic E-state index is 0.103. The Balaban J connectivity index is 1.47. The van der Waals surface area contributed by atoms with Crippen LogP contribution in [0.25, 0.3) is 10.9 Å². The van der Waals surface area contributed by atoms with Crippen LogP contribution in [0.2, 0.25) is 0 Å². The third kappa shape index (κ3) is 2.89. The molecule has 4 rings (SSSR count). The number of hydrogen-bond donors (Lipinski definition) is 1. The third-order valence-electron chi connectivity index (χ3n) is 5.09. The molecule has 0 unspecified atom stereocenters. The van der Waals surface area contributed by atoms with E-state index >= 15 is 0 Å². The van der Waals surface area contributed by atoms with Crippen LogP contribution in [0.3, 0.4) is 0 Å². The van der Waals surface area contributed by atoms with E-state index in [9.17, 15) is 8.42 Å². The van der Waals surface area contributed by atoms with Crippen LogP contribution in [0, 0.1) is 6.92 Å². The number of nitrogens with one attached hydrogen (secondary N) is 1. The minimum atomic E-state index is -3.03. The fourth-order valence-electron chi connectivity index (χ4n) is 3.50. The number of rotatable bonds is 4. The highest BCUT2D eigenvalue weighted by molar-refractivity contribution is 7.90. The molecule has 24 heavy (non-hydrogen) atoms. The summed E-state index contributed by atoms with van der Waals surface area (Å²) in [7, 11) is -3.03. The van der Waals surface area contributed by atoms with Gasteiger partial charge in [0, 0.05) is 36.4 Å². The molecule has 0 radical (unpaired) electrons. The molecule has 6 heteroatoms. The van der Waals surface area contributed by atoms with E-state index in [-0.39, 0.29) is 5.25 Å². The molecule has 2 aromatic rings. The lowest BCUT2D eigenvalue weighted by atomic mass is 10.0. The molecule has 128 valence electrons. The molecular weight excluding hydrogens is 322 g/mol. The van der Waals surface area contributed by atoms with E-state index in [2.05, 4.69) is 35.4 Å². The zero-order valence-corrected chi connectivity index (χ0v) is 14.7. The monoisotopic (exact) mass is 345 g/mol. The van der Waals surface area contributed by atoms with Crippen molar-refractivity contribution in [1.82, 2.24) is 9.29 Å². The van der Waals surface area contributed by atoms with Gasteiger partial charge in [0.15, 0.2) is 0 Å². The van der Waals surface area contributed by atoms with Crippen LogP contribution in [0.4, 0.5) is 5.69 Å². The molecular formula is C18H23N3O2S. The highest BCUT2D eigenvalue weighted by Crippen LogP contribution is 2.33. The summed E-state index contributed by atoms with van der Waals surface area (Å²) < 4.78 is 26.3. The van der Waals surface area contributed by atoms with Crippen LogP contribution >= 0.6 is 0 Å². The van der Waals surface area contributed by atoms with Crippen LogP contribution in [0.5, 0.6) is 0 Å². The Kier molecular flexibility index (Phi) is 3.96. The molecule has 2 heterocycles. The van der Waals surface area contributed by atoms with E-state index in [0.717, 1.165) is 42.3 Å². The molecule has 1 aromatic heterocycles. The fourth-order valence-corrected chi connectivity index (χ4v) is 5.37. The van der Waals surface area contributed by atoms with Crippen LogP contribution in [-0.2, 0) is 10.0 Å². The summed E-state index contributed by atoms with van der Waals surface area (Å²) in [5.74, 6) is 0. The van der Waals surface area contributed by atoms with Crippen LogP contribution in [-0.4, -0.2) is 42.1 Å². The molecule has 0 spiro atoms. The molecule has 1 aliphatic heterocycles. The van der Waals surface area contributed by atoms with Crippen LogP contribution in [0.15, 0.2) is 30.5 Å². The van der Waals surface area contributed by atoms with E-state index in [1.54, 1.807) is 4.31 Å². The number of sulfonamides is 1. The van der Waals surface area contributed by atoms with Gasteiger partial charge in [0.1, 0.15) is 0 Å². The summed E-state index contributed by atoms with van der Waals surface area (Å²) in [6, 6.07) is 8.52. The molecule has 1 aromatic carbocycles. The molecule has 1 N–H and O–H groups in total. The lowest BCUT2D eigenvalue weighted by molar-refractivity contribution is 0.329. The van der Waals surface area contributed by atoms with Gasteiger partial charge in [-0.2, -0.15) is 0 Å². The zero-order chi connectivity index (χ0) is 16.7. The number of nitrogens with zero attached hydrogens (tertiary/aromatic N) is 2. The number of piperidine rings is 1. The highest BCUT2D eigenvalue weighted by atomic mass is 32.2. The first kappa shape index (κ1) is 15.8. The van der Waals surface area contributed by atoms with Crippen molar-refractivity contribution in [3.8, 4) is 0 Å². The van der Waals surface area contributed by atoms with Gasteiger partial charge in [-0.05, 0) is 44.2 Å². The van der Waals surface area contributed by atoms with Crippen molar-refractivity contribution < 1.29 is 8.42 Å². The Labute approximate surface area is 143 Å². The smallest absolute Gasteiger partial charge is 0.216 e. The molecule has 2 aliphatic rings. The first-order valence-electron chi connectivity index (χ1n) is 8.65. The molecule has 5 nitrogen and oxygen atoms in total. The van der Waals surface area contributed by atoms with E-state index in [1.807, 2.05) is 12.3 Å². The SMILES string of the molecule is Cc1cccc2c(NC3CCN(S(=O)(=O)C4CC4)CC3)ccnc12. The van der Waals surface area contributed by atoms with Crippen molar-refractivity contribution in [3.05, 3.63) is 36.0 Å². The Bertz CT molecular complexity index is 854. The predicted octanol–water partition coefficient (Wildman–Crippen LogP) is 2.91. The zero-order valence-electron chi connectivity index (χ0n) is 13.9. The number of hydrogen-bond acceptors (Lipinski definition) is 4. The summed E-state index contributed by atoms with van der Waals surface area (Å²) >= 11 is 0. The Morgan fingerprint density at radius 1 is 1.12 bits per heavy atom. The molecule has 1 aliphatic carbocycles. The average molecular weight is 345 g/mol. The first-order chi connectivity index (χ1) is 11.6. The highest BCUT2D eigenvalue weighted by Gasteiger charge is 2.41. The maximum atomic E-state index is 12.3. The van der Waals surface area contributed by atoms with Crippen LogP contribution in [0.1, 0.15) is 31.2 Å². The van der Waals surface area contributed by atoms with Gasteiger partial charge in [-0.15, -0.1) is 0 Å². The average Bonchev–Trinajstić information content (AvgIpc) is 3.42. The van der Waals surface area contributed by atoms with Gasteiger partial charge in [0.2, 0.25) is 10.0 Å². The number of fused-ring (bicyclic) bond motifs is 1. The second-order valence-electron chi connectivity index (χ2n) is 6.89. The molecule has 1 saturated heterocycles. The number of pyridine rings is 1. The van der Waals surface area contributed by atoms with Crippen molar-refractivity contribution in [2.45, 2.75) is 43.9 Å². The van der Waals surface area contributed by atoms with Gasteiger partial charge in [0.25, 0.3) is 0 Å². The summed E-state index contributed by atoms with van der Waals surface area (Å²) in [4.78, 5) is 4.48. The number of aromatic nitrogens is 1. The molecule has 0 amide bonds. The number of para-hydroxylation sites is 1. The molecule has 1 saturated carbocycles. The Morgan fingerprint density at radius 3 is 2.58 bits per heavy atom. The second kappa shape index (κ2) is 6.01. The van der Waals surface area contributed by atoms with Crippen molar-refractivity contribution in [1.29, 1.82) is 0 Å². The topological polar surface area (TPSA) is 62.3 Å². The quantitative estimate of drug-likeness (QED) is 0.925. The largest absolute Gasteiger partial charge is 0.382 e. The van der Waals surface area contributed by atoms with Crippen LogP contribution < -0.4 is 5.32 Å². The van der Waals surface area contributed by atoms with Gasteiger partial charge in [0.05, 0.1) is 10.8 Å². The van der Waals surface area contributed by atoms with E-state index in [4.69, 9.17) is 0 Å². The number of anilines is 1. The third-order valence-corrected chi connectivity index (χ3v) is 7.49. The molecule has 0 bridgehead atoms. The van der Waals surface area contributed by atoms with Crippen molar-refractivity contribution in [3.63, 3.8) is 0 Å². The predicted molar refractivity (Wildman–Crippen MR) is 96.6 cm³/mol. The Hall–Kier alpha value is -1.66. The minimum Gasteiger partial charge on any atom is -0.382 e. The van der Waals surface area contributed by atoms with E-state index in [0.29, 0.717) is 19.1 Å². The van der Waals surface area contributed by atoms with Crippen molar-refractivity contribution in [2.75, 3.05) is 18.4 Å². The summed E-state index contributed by atoms with van der Waals surface area (Å²) in [6.45, 7) is 3.32. The van der Waals surface area contributed by atoms with E-state index in [1.165, 1.54) is 5.56 Å². The number of benzene rings is 1. The van der Waals surface area contributed by atoms with Gasteiger partial charge >= 0.3 is 0 Å². The normalized spacial score (nSPS) is 20.4. The lowest BCUT2D eigenvalue weighted by Gasteiger charge is -2.32. The molecule has 2 fully saturated rings.